The second-order valence-electron chi connectivity index (χ2n) is 10.1. The molecule has 8 nitrogen and oxygen atoms in total. The average Bonchev–Trinajstić information content (AvgIpc) is 2.95. The van der Waals surface area contributed by atoms with E-state index in [1.165, 1.54) is 0 Å². The molecule has 0 amide bonds. The first-order valence-electron chi connectivity index (χ1n) is 13.4. The number of benzene rings is 2. The Bertz CT molecular complexity index is 1310. The highest BCUT2D eigenvalue weighted by atomic mass is 32.2. The van der Waals surface area contributed by atoms with Crippen molar-refractivity contribution in [2.75, 3.05) is 25.6 Å². The van der Waals surface area contributed by atoms with Crippen molar-refractivity contribution in [3.8, 4) is 0 Å². The Morgan fingerprint density at radius 1 is 1.08 bits per heavy atom. The van der Waals surface area contributed by atoms with Crippen molar-refractivity contribution in [3.05, 3.63) is 95.2 Å². The Morgan fingerprint density at radius 3 is 2.62 bits per heavy atom. The highest BCUT2D eigenvalue weighted by Crippen LogP contribution is 2.29. The number of nitrogen functional groups attached to an aromatic ring is 1. The zero-order valence-corrected chi connectivity index (χ0v) is 22.9. The molecule has 39 heavy (non-hydrogen) atoms. The van der Waals surface area contributed by atoms with Crippen molar-refractivity contribution in [1.82, 2.24) is 5.32 Å². The van der Waals surface area contributed by atoms with Crippen LogP contribution in [0.3, 0.4) is 0 Å². The molecule has 1 aliphatic carbocycles. The molecule has 2 aromatic rings. The standard InChI is InChI=1S/C30H36N2O6S/c1-21-5-13-27(14-6-21)39(33,34)37-20-26(38-30-4-2-3-17-35-30)19-36-25-12-16-29-23(18-25)9-15-28(32-29)22-7-10-24(31)11-8-22/h5-11,13-16,18,25-26,28,30,32H,2-4,12,17,19-20,31H2,1H3. The summed E-state index contributed by atoms with van der Waals surface area (Å²) in [5.41, 5.74) is 10.8. The SMILES string of the molecule is Cc1ccc(S(=O)(=O)OCC(COC2C=C3C=CC(c4ccc(N)cc4)NC3=CC2)OC2CCCCO2)cc1. The van der Waals surface area contributed by atoms with Gasteiger partial charge < -0.3 is 25.3 Å². The minimum atomic E-state index is -3.92. The third-order valence-corrected chi connectivity index (χ3v) is 8.30. The van der Waals surface area contributed by atoms with Crippen molar-refractivity contribution in [3.63, 3.8) is 0 Å². The van der Waals surface area contributed by atoms with Gasteiger partial charge in [0, 0.05) is 18.0 Å². The van der Waals surface area contributed by atoms with Crippen LogP contribution < -0.4 is 11.1 Å². The molecule has 9 heteroatoms. The number of nitrogens with two attached hydrogens (primary N) is 1. The minimum absolute atomic E-state index is 0.0763. The van der Waals surface area contributed by atoms with Crippen LogP contribution in [-0.4, -0.2) is 46.7 Å². The van der Waals surface area contributed by atoms with Crippen LogP contribution >= 0.6 is 0 Å². The summed E-state index contributed by atoms with van der Waals surface area (Å²) in [6.45, 7) is 2.54. The molecule has 0 aromatic heterocycles. The highest BCUT2D eigenvalue weighted by molar-refractivity contribution is 7.86. The molecular weight excluding hydrogens is 516 g/mol. The monoisotopic (exact) mass is 552 g/mol. The van der Waals surface area contributed by atoms with Gasteiger partial charge in [-0.25, -0.2) is 0 Å². The lowest BCUT2D eigenvalue weighted by Gasteiger charge is -2.30. The molecule has 1 fully saturated rings. The number of hydrogen-bond acceptors (Lipinski definition) is 8. The van der Waals surface area contributed by atoms with Gasteiger partial charge in [0.2, 0.25) is 0 Å². The number of rotatable bonds is 10. The smallest absolute Gasteiger partial charge is 0.297 e. The summed E-state index contributed by atoms with van der Waals surface area (Å²) in [4.78, 5) is 0.116. The molecule has 2 heterocycles. The van der Waals surface area contributed by atoms with E-state index in [1.54, 1.807) is 24.3 Å². The zero-order valence-electron chi connectivity index (χ0n) is 22.1. The molecular formula is C30H36N2O6S. The summed E-state index contributed by atoms with van der Waals surface area (Å²) in [6.07, 6.45) is 10.7. The largest absolute Gasteiger partial charge is 0.399 e. The van der Waals surface area contributed by atoms with E-state index in [4.69, 9.17) is 24.1 Å². The molecule has 4 atom stereocenters. The normalized spacial score (nSPS) is 23.8. The van der Waals surface area contributed by atoms with Gasteiger partial charge in [-0.05, 0) is 74.1 Å². The van der Waals surface area contributed by atoms with Gasteiger partial charge in [0.05, 0.1) is 30.3 Å². The van der Waals surface area contributed by atoms with E-state index < -0.39 is 22.5 Å². The molecule has 0 bridgehead atoms. The number of nitrogens with one attached hydrogen (secondary N) is 1. The van der Waals surface area contributed by atoms with Crippen LogP contribution in [0.4, 0.5) is 5.69 Å². The van der Waals surface area contributed by atoms with Crippen molar-refractivity contribution >= 4 is 15.8 Å². The van der Waals surface area contributed by atoms with Gasteiger partial charge >= 0.3 is 0 Å². The van der Waals surface area contributed by atoms with Crippen LogP contribution in [-0.2, 0) is 28.5 Å². The van der Waals surface area contributed by atoms with Crippen LogP contribution in [0.25, 0.3) is 0 Å². The van der Waals surface area contributed by atoms with Gasteiger partial charge in [-0.3, -0.25) is 4.18 Å². The number of allylic oxidation sites excluding steroid dienone is 1. The topological polar surface area (TPSA) is 109 Å². The molecule has 1 saturated heterocycles. The van der Waals surface area contributed by atoms with Crippen molar-refractivity contribution in [1.29, 1.82) is 0 Å². The van der Waals surface area contributed by atoms with Gasteiger partial charge in [0.25, 0.3) is 10.1 Å². The van der Waals surface area contributed by atoms with E-state index in [1.807, 2.05) is 31.2 Å². The fraction of sp³-hybridized carbons (Fsp3) is 0.400. The van der Waals surface area contributed by atoms with Crippen LogP contribution in [0.15, 0.2) is 89.0 Å². The van der Waals surface area contributed by atoms with Gasteiger partial charge in [0.15, 0.2) is 6.29 Å². The Morgan fingerprint density at radius 2 is 1.87 bits per heavy atom. The van der Waals surface area contributed by atoms with Crippen molar-refractivity contribution in [2.24, 2.45) is 0 Å². The van der Waals surface area contributed by atoms with Crippen molar-refractivity contribution in [2.45, 2.75) is 62.0 Å². The van der Waals surface area contributed by atoms with E-state index in [-0.39, 0.29) is 30.3 Å². The van der Waals surface area contributed by atoms with E-state index in [2.05, 4.69) is 29.6 Å². The van der Waals surface area contributed by atoms with Crippen LogP contribution in [0, 0.1) is 6.92 Å². The first kappa shape index (κ1) is 27.6. The number of hydrogen-bond donors (Lipinski definition) is 2. The van der Waals surface area contributed by atoms with Crippen LogP contribution in [0.2, 0.25) is 0 Å². The Balaban J connectivity index is 1.20. The summed E-state index contributed by atoms with van der Waals surface area (Å²) >= 11 is 0. The zero-order chi connectivity index (χ0) is 27.2. The molecule has 208 valence electrons. The third kappa shape index (κ3) is 7.38. The summed E-state index contributed by atoms with van der Waals surface area (Å²) in [6, 6.07) is 14.5. The molecule has 2 aromatic carbocycles. The van der Waals surface area contributed by atoms with E-state index in [0.717, 1.165) is 47.3 Å². The lowest BCUT2D eigenvalue weighted by atomic mass is 9.94. The molecule has 0 spiro atoms. The van der Waals surface area contributed by atoms with Crippen molar-refractivity contribution < 1.29 is 26.8 Å². The van der Waals surface area contributed by atoms with Gasteiger partial charge in [-0.15, -0.1) is 0 Å². The fourth-order valence-electron chi connectivity index (χ4n) is 4.76. The van der Waals surface area contributed by atoms with Crippen LogP contribution in [0.1, 0.15) is 42.9 Å². The second-order valence-corrected chi connectivity index (χ2v) is 11.7. The maximum atomic E-state index is 12.8. The summed E-state index contributed by atoms with van der Waals surface area (Å²) < 4.78 is 48.9. The van der Waals surface area contributed by atoms with Gasteiger partial charge in [0.1, 0.15) is 6.10 Å². The predicted octanol–water partition coefficient (Wildman–Crippen LogP) is 4.69. The molecule has 3 aliphatic rings. The molecule has 2 aliphatic heterocycles. The third-order valence-electron chi connectivity index (χ3n) is 7.00. The molecule has 0 radical (unpaired) electrons. The number of aryl methyl sites for hydroxylation is 1. The molecule has 5 rings (SSSR count). The number of fused-ring (bicyclic) bond motifs is 1. The Hall–Kier alpha value is -2.95. The summed E-state index contributed by atoms with van der Waals surface area (Å²) in [5.74, 6) is 0. The molecule has 0 saturated carbocycles. The maximum absolute atomic E-state index is 12.8. The second kappa shape index (κ2) is 12.5. The molecule has 4 unspecified atom stereocenters. The highest BCUT2D eigenvalue weighted by Gasteiger charge is 2.26. The number of ether oxygens (including phenoxy) is 3. The van der Waals surface area contributed by atoms with E-state index in [0.29, 0.717) is 13.0 Å². The van der Waals surface area contributed by atoms with E-state index >= 15 is 0 Å². The maximum Gasteiger partial charge on any atom is 0.297 e. The predicted molar refractivity (Wildman–Crippen MR) is 149 cm³/mol. The summed E-state index contributed by atoms with van der Waals surface area (Å²) in [7, 11) is -3.92. The first-order chi connectivity index (χ1) is 18.9. The Labute approximate surface area is 230 Å². The lowest BCUT2D eigenvalue weighted by molar-refractivity contribution is -0.204. The van der Waals surface area contributed by atoms with Gasteiger partial charge in [-0.1, -0.05) is 48.1 Å². The minimum Gasteiger partial charge on any atom is -0.399 e. The average molecular weight is 553 g/mol. The van der Waals surface area contributed by atoms with Gasteiger partial charge in [-0.2, -0.15) is 8.42 Å². The lowest BCUT2D eigenvalue weighted by Crippen LogP contribution is -2.35. The number of anilines is 1. The van der Waals surface area contributed by atoms with E-state index in [9.17, 15) is 8.42 Å². The van der Waals surface area contributed by atoms with Crippen LogP contribution in [0.5, 0.6) is 0 Å². The quantitative estimate of drug-likeness (QED) is 0.323. The fourth-order valence-corrected chi connectivity index (χ4v) is 5.69. The summed E-state index contributed by atoms with van der Waals surface area (Å²) in [5, 5.41) is 3.57. The molecule has 3 N–H and O–H groups in total. The first-order valence-corrected chi connectivity index (χ1v) is 14.8. The Kier molecular flexibility index (Phi) is 8.84.